The molecule has 0 aliphatic heterocycles. The SMILES string of the molecule is COC(=O)C(N)Cc1ccccc1-c1ccccc1OC. The topological polar surface area (TPSA) is 61.5 Å². The van der Waals surface area contributed by atoms with E-state index >= 15 is 0 Å². The number of rotatable bonds is 5. The van der Waals surface area contributed by atoms with Crippen LogP contribution in [0, 0.1) is 0 Å². The van der Waals surface area contributed by atoms with Gasteiger partial charge in [0, 0.05) is 5.56 Å². The minimum atomic E-state index is -0.675. The highest BCUT2D eigenvalue weighted by Gasteiger charge is 2.17. The van der Waals surface area contributed by atoms with Crippen molar-refractivity contribution in [3.8, 4) is 16.9 Å². The quantitative estimate of drug-likeness (QED) is 0.857. The summed E-state index contributed by atoms with van der Waals surface area (Å²) in [5.41, 5.74) is 8.85. The second-order valence-electron chi connectivity index (χ2n) is 4.69. The molecule has 2 N–H and O–H groups in total. The zero-order valence-electron chi connectivity index (χ0n) is 12.2. The molecule has 0 aliphatic carbocycles. The number of carbonyl (C=O) groups excluding carboxylic acids is 1. The van der Waals surface area contributed by atoms with E-state index in [0.717, 1.165) is 22.4 Å². The maximum absolute atomic E-state index is 11.5. The molecule has 2 aromatic carbocycles. The van der Waals surface area contributed by atoms with E-state index < -0.39 is 12.0 Å². The van der Waals surface area contributed by atoms with Gasteiger partial charge in [-0.15, -0.1) is 0 Å². The zero-order chi connectivity index (χ0) is 15.2. The highest BCUT2D eigenvalue weighted by Crippen LogP contribution is 2.32. The van der Waals surface area contributed by atoms with Gasteiger partial charge in [-0.05, 0) is 23.6 Å². The van der Waals surface area contributed by atoms with Gasteiger partial charge in [-0.3, -0.25) is 4.79 Å². The first-order chi connectivity index (χ1) is 10.2. The number of para-hydroxylation sites is 1. The van der Waals surface area contributed by atoms with Gasteiger partial charge in [0.2, 0.25) is 0 Å². The summed E-state index contributed by atoms with van der Waals surface area (Å²) in [6.07, 6.45) is 0.418. The second kappa shape index (κ2) is 6.90. The number of nitrogens with two attached hydrogens (primary N) is 1. The molecule has 1 unspecified atom stereocenters. The molecule has 0 fully saturated rings. The standard InChI is InChI=1S/C17H19NO3/c1-20-16-10-6-5-9-14(16)13-8-4-3-7-12(13)11-15(18)17(19)21-2/h3-10,15H,11,18H2,1-2H3. The fraction of sp³-hybridized carbons (Fsp3) is 0.235. The Morgan fingerprint density at radius 1 is 1.05 bits per heavy atom. The van der Waals surface area contributed by atoms with Crippen molar-refractivity contribution in [2.45, 2.75) is 12.5 Å². The van der Waals surface area contributed by atoms with E-state index in [0.29, 0.717) is 6.42 Å². The van der Waals surface area contributed by atoms with Crippen LogP contribution in [-0.2, 0) is 16.0 Å². The first kappa shape index (κ1) is 15.1. The summed E-state index contributed by atoms with van der Waals surface area (Å²) in [6, 6.07) is 14.9. The average molecular weight is 285 g/mol. The fourth-order valence-electron chi connectivity index (χ4n) is 2.30. The summed E-state index contributed by atoms with van der Waals surface area (Å²) in [6.45, 7) is 0. The molecule has 2 aromatic rings. The van der Waals surface area contributed by atoms with Crippen LogP contribution < -0.4 is 10.5 Å². The number of methoxy groups -OCH3 is 2. The molecule has 0 saturated heterocycles. The largest absolute Gasteiger partial charge is 0.496 e. The molecule has 0 bridgehead atoms. The average Bonchev–Trinajstić information content (AvgIpc) is 2.54. The van der Waals surface area contributed by atoms with E-state index in [2.05, 4.69) is 4.74 Å². The number of carbonyl (C=O) groups is 1. The Balaban J connectivity index is 2.39. The first-order valence-electron chi connectivity index (χ1n) is 6.72. The van der Waals surface area contributed by atoms with E-state index in [4.69, 9.17) is 10.5 Å². The fourth-order valence-corrected chi connectivity index (χ4v) is 2.30. The van der Waals surface area contributed by atoms with E-state index in [-0.39, 0.29) is 0 Å². The van der Waals surface area contributed by atoms with Gasteiger partial charge in [-0.25, -0.2) is 0 Å². The monoisotopic (exact) mass is 285 g/mol. The van der Waals surface area contributed by atoms with E-state index in [1.54, 1.807) is 7.11 Å². The minimum absolute atomic E-state index is 0.412. The molecular weight excluding hydrogens is 266 g/mol. The summed E-state index contributed by atoms with van der Waals surface area (Å²) in [5.74, 6) is 0.376. The van der Waals surface area contributed by atoms with Gasteiger partial charge in [0.1, 0.15) is 11.8 Å². The Bertz CT molecular complexity index is 625. The van der Waals surface area contributed by atoms with Crippen LogP contribution in [0.3, 0.4) is 0 Å². The Hall–Kier alpha value is -2.33. The van der Waals surface area contributed by atoms with Crippen molar-refractivity contribution < 1.29 is 14.3 Å². The van der Waals surface area contributed by atoms with Gasteiger partial charge in [0.15, 0.2) is 0 Å². The number of esters is 1. The van der Waals surface area contributed by atoms with Crippen LogP contribution in [0.5, 0.6) is 5.75 Å². The molecule has 0 heterocycles. The third kappa shape index (κ3) is 3.41. The maximum Gasteiger partial charge on any atom is 0.322 e. The molecule has 4 nitrogen and oxygen atoms in total. The van der Waals surface area contributed by atoms with Crippen molar-refractivity contribution in [1.29, 1.82) is 0 Å². The van der Waals surface area contributed by atoms with Gasteiger partial charge in [0.25, 0.3) is 0 Å². The lowest BCUT2D eigenvalue weighted by Crippen LogP contribution is -2.33. The van der Waals surface area contributed by atoms with Gasteiger partial charge in [-0.1, -0.05) is 42.5 Å². The predicted octanol–water partition coefficient (Wildman–Crippen LogP) is 2.40. The molecule has 0 saturated carbocycles. The van der Waals surface area contributed by atoms with E-state index in [1.807, 2.05) is 48.5 Å². The lowest BCUT2D eigenvalue weighted by atomic mass is 9.95. The number of ether oxygens (including phenoxy) is 2. The maximum atomic E-state index is 11.5. The lowest BCUT2D eigenvalue weighted by Gasteiger charge is -2.15. The number of hydrogen-bond acceptors (Lipinski definition) is 4. The van der Waals surface area contributed by atoms with Gasteiger partial charge < -0.3 is 15.2 Å². The highest BCUT2D eigenvalue weighted by molar-refractivity contribution is 5.78. The normalized spacial score (nSPS) is 11.8. The molecule has 0 radical (unpaired) electrons. The van der Waals surface area contributed by atoms with Crippen LogP contribution in [0.1, 0.15) is 5.56 Å². The van der Waals surface area contributed by atoms with Gasteiger partial charge in [-0.2, -0.15) is 0 Å². The van der Waals surface area contributed by atoms with E-state index in [1.165, 1.54) is 7.11 Å². The van der Waals surface area contributed by atoms with Crippen LogP contribution in [0.4, 0.5) is 0 Å². The molecule has 0 spiro atoms. The molecule has 4 heteroatoms. The Labute approximate surface area is 124 Å². The summed E-state index contributed by atoms with van der Waals surface area (Å²) >= 11 is 0. The zero-order valence-corrected chi connectivity index (χ0v) is 12.2. The molecule has 110 valence electrons. The van der Waals surface area contributed by atoms with Gasteiger partial charge >= 0.3 is 5.97 Å². The van der Waals surface area contributed by atoms with E-state index in [9.17, 15) is 4.79 Å². The smallest absolute Gasteiger partial charge is 0.322 e. The summed E-state index contributed by atoms with van der Waals surface area (Å²) in [7, 11) is 2.98. The van der Waals surface area contributed by atoms with Crippen LogP contribution in [0.25, 0.3) is 11.1 Å². The van der Waals surface area contributed by atoms with Crippen molar-refractivity contribution in [2.24, 2.45) is 5.73 Å². The van der Waals surface area contributed by atoms with Crippen molar-refractivity contribution in [3.63, 3.8) is 0 Å². The van der Waals surface area contributed by atoms with Crippen LogP contribution >= 0.6 is 0 Å². The Morgan fingerprint density at radius 3 is 2.33 bits per heavy atom. The van der Waals surface area contributed by atoms with Crippen LogP contribution in [0.2, 0.25) is 0 Å². The predicted molar refractivity (Wildman–Crippen MR) is 82.1 cm³/mol. The molecule has 0 aliphatic rings. The van der Waals surface area contributed by atoms with Crippen molar-refractivity contribution >= 4 is 5.97 Å². The van der Waals surface area contributed by atoms with Crippen LogP contribution in [0.15, 0.2) is 48.5 Å². The molecular formula is C17H19NO3. The molecule has 1 atom stereocenters. The minimum Gasteiger partial charge on any atom is -0.496 e. The molecule has 0 aromatic heterocycles. The van der Waals surface area contributed by atoms with Crippen LogP contribution in [-0.4, -0.2) is 26.2 Å². The summed E-state index contributed by atoms with van der Waals surface area (Å²) < 4.78 is 10.1. The molecule has 2 rings (SSSR count). The summed E-state index contributed by atoms with van der Waals surface area (Å²) in [4.78, 5) is 11.5. The van der Waals surface area contributed by atoms with Crippen molar-refractivity contribution in [2.75, 3.05) is 14.2 Å². The second-order valence-corrected chi connectivity index (χ2v) is 4.69. The number of hydrogen-bond donors (Lipinski definition) is 1. The third-order valence-electron chi connectivity index (χ3n) is 3.36. The number of benzene rings is 2. The third-order valence-corrected chi connectivity index (χ3v) is 3.36. The molecule has 0 amide bonds. The first-order valence-corrected chi connectivity index (χ1v) is 6.72. The Kier molecular flexibility index (Phi) is 4.95. The highest BCUT2D eigenvalue weighted by atomic mass is 16.5. The van der Waals surface area contributed by atoms with Gasteiger partial charge in [0.05, 0.1) is 14.2 Å². The summed E-state index contributed by atoms with van der Waals surface area (Å²) in [5, 5.41) is 0. The van der Waals surface area contributed by atoms with Crippen molar-refractivity contribution in [3.05, 3.63) is 54.1 Å². The Morgan fingerprint density at radius 2 is 1.67 bits per heavy atom. The van der Waals surface area contributed by atoms with Crippen molar-refractivity contribution in [1.82, 2.24) is 0 Å². The molecule has 21 heavy (non-hydrogen) atoms. The lowest BCUT2D eigenvalue weighted by molar-refractivity contribution is -0.142.